The normalized spacial score (nSPS) is 23.6. The summed E-state index contributed by atoms with van der Waals surface area (Å²) in [7, 11) is 0. The molecule has 2 unspecified atom stereocenters. The Kier molecular flexibility index (Phi) is 4.65. The molecular formula is C16H25NO. The predicted octanol–water partition coefficient (Wildman–Crippen LogP) is 4.11. The van der Waals surface area contributed by atoms with Crippen LogP contribution in [0.15, 0.2) is 24.3 Å². The van der Waals surface area contributed by atoms with Gasteiger partial charge in [0.25, 0.3) is 0 Å². The first kappa shape index (κ1) is 13.4. The molecule has 1 aliphatic heterocycles. The van der Waals surface area contributed by atoms with Gasteiger partial charge in [0.2, 0.25) is 0 Å². The van der Waals surface area contributed by atoms with Gasteiger partial charge in [-0.2, -0.15) is 0 Å². The van der Waals surface area contributed by atoms with Gasteiger partial charge in [-0.25, -0.2) is 0 Å². The van der Waals surface area contributed by atoms with Gasteiger partial charge in [0.05, 0.1) is 0 Å². The van der Waals surface area contributed by atoms with Crippen molar-refractivity contribution in [2.24, 2.45) is 0 Å². The van der Waals surface area contributed by atoms with E-state index in [9.17, 15) is 5.11 Å². The Morgan fingerprint density at radius 3 is 2.89 bits per heavy atom. The standard InChI is InChI=1S/C16H25NO/c1-3-15-9-5-4-6-11-17(15)13(2)14-8-7-10-16(18)12-14/h7-8,10,12-13,15,18H,3-6,9,11H2,1-2H3. The van der Waals surface area contributed by atoms with Gasteiger partial charge < -0.3 is 5.11 Å². The second-order valence-corrected chi connectivity index (χ2v) is 5.42. The highest BCUT2D eigenvalue weighted by molar-refractivity contribution is 5.29. The molecule has 2 heteroatoms. The average molecular weight is 247 g/mol. The minimum absolute atomic E-state index is 0.377. The second kappa shape index (κ2) is 6.24. The van der Waals surface area contributed by atoms with Gasteiger partial charge in [-0.05, 0) is 50.4 Å². The topological polar surface area (TPSA) is 23.5 Å². The molecule has 0 aromatic heterocycles. The molecule has 2 atom stereocenters. The highest BCUT2D eigenvalue weighted by Gasteiger charge is 2.24. The SMILES string of the molecule is CCC1CCCCCN1C(C)c1cccc(O)c1. The van der Waals surface area contributed by atoms with E-state index >= 15 is 0 Å². The van der Waals surface area contributed by atoms with Crippen molar-refractivity contribution < 1.29 is 5.11 Å². The minimum Gasteiger partial charge on any atom is -0.508 e. The molecule has 1 N–H and O–H groups in total. The molecular weight excluding hydrogens is 222 g/mol. The molecule has 1 aromatic carbocycles. The number of hydrogen-bond acceptors (Lipinski definition) is 2. The molecule has 2 nitrogen and oxygen atoms in total. The van der Waals surface area contributed by atoms with Crippen molar-refractivity contribution in [1.82, 2.24) is 4.90 Å². The third-order valence-electron chi connectivity index (χ3n) is 4.24. The second-order valence-electron chi connectivity index (χ2n) is 5.42. The predicted molar refractivity (Wildman–Crippen MR) is 75.8 cm³/mol. The van der Waals surface area contributed by atoms with E-state index in [0.717, 1.165) is 0 Å². The number of likely N-dealkylation sites (tertiary alicyclic amines) is 1. The molecule has 1 aromatic rings. The molecule has 2 rings (SSSR count). The average Bonchev–Trinajstić information content (AvgIpc) is 2.62. The van der Waals surface area contributed by atoms with Crippen molar-refractivity contribution in [3.63, 3.8) is 0 Å². The first-order valence-electron chi connectivity index (χ1n) is 7.27. The van der Waals surface area contributed by atoms with Crippen LogP contribution < -0.4 is 0 Å². The maximum absolute atomic E-state index is 9.62. The quantitative estimate of drug-likeness (QED) is 0.869. The lowest BCUT2D eigenvalue weighted by Crippen LogP contribution is -2.36. The summed E-state index contributed by atoms with van der Waals surface area (Å²) in [4.78, 5) is 2.63. The lowest BCUT2D eigenvalue weighted by Gasteiger charge is -2.35. The summed E-state index contributed by atoms with van der Waals surface area (Å²) in [5, 5.41) is 9.62. The first-order chi connectivity index (χ1) is 8.72. The molecule has 0 spiro atoms. The van der Waals surface area contributed by atoms with Crippen LogP contribution in [0, 0.1) is 0 Å². The molecule has 0 saturated carbocycles. The summed E-state index contributed by atoms with van der Waals surface area (Å²) in [6.45, 7) is 5.75. The van der Waals surface area contributed by atoms with Crippen LogP contribution in [0.25, 0.3) is 0 Å². The summed E-state index contributed by atoms with van der Waals surface area (Å²) in [6.07, 6.45) is 6.57. The van der Waals surface area contributed by atoms with Crippen LogP contribution in [-0.4, -0.2) is 22.6 Å². The van der Waals surface area contributed by atoms with Gasteiger partial charge in [0, 0.05) is 12.1 Å². The van der Waals surface area contributed by atoms with Gasteiger partial charge in [0.1, 0.15) is 5.75 Å². The van der Waals surface area contributed by atoms with Crippen molar-refractivity contribution in [1.29, 1.82) is 0 Å². The third kappa shape index (κ3) is 3.05. The highest BCUT2D eigenvalue weighted by Crippen LogP contribution is 2.30. The van der Waals surface area contributed by atoms with Crippen molar-refractivity contribution in [2.75, 3.05) is 6.54 Å². The minimum atomic E-state index is 0.377. The Balaban J connectivity index is 2.16. The molecule has 0 bridgehead atoms. The third-order valence-corrected chi connectivity index (χ3v) is 4.24. The zero-order valence-electron chi connectivity index (χ0n) is 11.6. The molecule has 0 radical (unpaired) electrons. The van der Waals surface area contributed by atoms with Gasteiger partial charge in [-0.3, -0.25) is 4.90 Å². The zero-order valence-corrected chi connectivity index (χ0v) is 11.6. The van der Waals surface area contributed by atoms with E-state index < -0.39 is 0 Å². The fourth-order valence-corrected chi connectivity index (χ4v) is 3.12. The Morgan fingerprint density at radius 1 is 1.33 bits per heavy atom. The molecule has 1 saturated heterocycles. The van der Waals surface area contributed by atoms with Crippen molar-refractivity contribution in [3.8, 4) is 5.75 Å². The number of phenols is 1. The smallest absolute Gasteiger partial charge is 0.115 e. The zero-order chi connectivity index (χ0) is 13.0. The highest BCUT2D eigenvalue weighted by atomic mass is 16.3. The van der Waals surface area contributed by atoms with Crippen LogP contribution in [0.2, 0.25) is 0 Å². The fourth-order valence-electron chi connectivity index (χ4n) is 3.12. The fraction of sp³-hybridized carbons (Fsp3) is 0.625. The summed E-state index contributed by atoms with van der Waals surface area (Å²) in [6, 6.07) is 8.82. The summed E-state index contributed by atoms with van der Waals surface area (Å²) in [5.74, 6) is 0.377. The lowest BCUT2D eigenvalue weighted by molar-refractivity contribution is 0.142. The number of nitrogens with zero attached hydrogens (tertiary/aromatic N) is 1. The van der Waals surface area contributed by atoms with E-state index in [1.54, 1.807) is 6.07 Å². The van der Waals surface area contributed by atoms with Gasteiger partial charge in [0.15, 0.2) is 0 Å². The Hall–Kier alpha value is -1.02. The molecule has 1 aliphatic rings. The van der Waals surface area contributed by atoms with Gasteiger partial charge in [-0.15, -0.1) is 0 Å². The van der Waals surface area contributed by atoms with E-state index in [-0.39, 0.29) is 0 Å². The molecule has 0 amide bonds. The number of benzene rings is 1. The summed E-state index contributed by atoms with van der Waals surface area (Å²) in [5.41, 5.74) is 1.23. The van der Waals surface area contributed by atoms with Gasteiger partial charge >= 0.3 is 0 Å². The molecule has 18 heavy (non-hydrogen) atoms. The number of phenolic OH excluding ortho intramolecular Hbond substituents is 1. The first-order valence-corrected chi connectivity index (χ1v) is 7.27. The van der Waals surface area contributed by atoms with Crippen molar-refractivity contribution in [3.05, 3.63) is 29.8 Å². The van der Waals surface area contributed by atoms with Crippen molar-refractivity contribution >= 4 is 0 Å². The van der Waals surface area contributed by atoms with Gasteiger partial charge in [-0.1, -0.05) is 31.9 Å². The Labute approximate surface area is 111 Å². The van der Waals surface area contributed by atoms with Crippen LogP contribution in [0.4, 0.5) is 0 Å². The van der Waals surface area contributed by atoms with E-state index in [2.05, 4.69) is 24.8 Å². The monoisotopic (exact) mass is 247 g/mol. The van der Waals surface area contributed by atoms with E-state index in [1.807, 2.05) is 12.1 Å². The Bertz CT molecular complexity index is 377. The van der Waals surface area contributed by atoms with Crippen LogP contribution >= 0.6 is 0 Å². The molecule has 1 heterocycles. The maximum atomic E-state index is 9.62. The molecule has 0 aliphatic carbocycles. The number of rotatable bonds is 3. The maximum Gasteiger partial charge on any atom is 0.115 e. The summed E-state index contributed by atoms with van der Waals surface area (Å²) >= 11 is 0. The van der Waals surface area contributed by atoms with Crippen LogP contribution in [0.1, 0.15) is 57.6 Å². The van der Waals surface area contributed by atoms with Crippen LogP contribution in [0.3, 0.4) is 0 Å². The van der Waals surface area contributed by atoms with E-state index in [4.69, 9.17) is 0 Å². The number of hydrogen-bond donors (Lipinski definition) is 1. The Morgan fingerprint density at radius 2 is 2.17 bits per heavy atom. The molecule has 100 valence electrons. The van der Waals surface area contributed by atoms with Crippen LogP contribution in [-0.2, 0) is 0 Å². The van der Waals surface area contributed by atoms with E-state index in [1.165, 1.54) is 44.2 Å². The lowest BCUT2D eigenvalue weighted by atomic mass is 10.0. The number of aromatic hydroxyl groups is 1. The largest absolute Gasteiger partial charge is 0.508 e. The van der Waals surface area contributed by atoms with Crippen LogP contribution in [0.5, 0.6) is 5.75 Å². The van der Waals surface area contributed by atoms with E-state index in [0.29, 0.717) is 17.8 Å². The molecule has 1 fully saturated rings. The summed E-state index contributed by atoms with van der Waals surface area (Å²) < 4.78 is 0. The van der Waals surface area contributed by atoms with Crippen molar-refractivity contribution in [2.45, 2.75) is 58.0 Å².